The molecule has 1 heterocycles. The van der Waals surface area contributed by atoms with E-state index in [1.165, 1.54) is 32.4 Å². The number of hydrogen-bond donors (Lipinski definition) is 2. The molecule has 3 heteroatoms. The normalized spacial score (nSPS) is 34.2. The Morgan fingerprint density at radius 3 is 2.41 bits per heavy atom. The van der Waals surface area contributed by atoms with E-state index in [1.807, 2.05) is 0 Å². The van der Waals surface area contributed by atoms with E-state index in [4.69, 9.17) is 5.11 Å². The fourth-order valence-electron chi connectivity index (χ4n) is 3.58. The summed E-state index contributed by atoms with van der Waals surface area (Å²) in [4.78, 5) is 2.65. The molecule has 2 fully saturated rings. The highest BCUT2D eigenvalue weighted by Gasteiger charge is 2.39. The number of aliphatic hydroxyl groups is 1. The molecule has 0 radical (unpaired) electrons. The molecule has 17 heavy (non-hydrogen) atoms. The van der Waals surface area contributed by atoms with Crippen molar-refractivity contribution in [3.63, 3.8) is 0 Å². The van der Waals surface area contributed by atoms with Crippen molar-refractivity contribution in [2.45, 2.75) is 51.6 Å². The lowest BCUT2D eigenvalue weighted by Crippen LogP contribution is -2.58. The van der Waals surface area contributed by atoms with E-state index >= 15 is 0 Å². The van der Waals surface area contributed by atoms with Crippen molar-refractivity contribution in [2.75, 3.05) is 26.2 Å². The van der Waals surface area contributed by atoms with Gasteiger partial charge < -0.3 is 15.3 Å². The maximum atomic E-state index is 8.87. The van der Waals surface area contributed by atoms with Gasteiger partial charge in [-0.3, -0.25) is 0 Å². The van der Waals surface area contributed by atoms with Crippen molar-refractivity contribution < 1.29 is 5.11 Å². The molecule has 2 rings (SSSR count). The Bertz CT molecular complexity index is 218. The molecule has 1 saturated heterocycles. The van der Waals surface area contributed by atoms with Gasteiger partial charge in [-0.2, -0.15) is 0 Å². The van der Waals surface area contributed by atoms with Gasteiger partial charge in [0.2, 0.25) is 0 Å². The van der Waals surface area contributed by atoms with Crippen LogP contribution >= 0.6 is 0 Å². The Hall–Kier alpha value is -0.120. The Morgan fingerprint density at radius 1 is 1.24 bits per heavy atom. The lowest BCUT2D eigenvalue weighted by atomic mass is 9.73. The third-order valence-corrected chi connectivity index (χ3v) is 4.55. The number of rotatable bonds is 5. The van der Waals surface area contributed by atoms with Crippen LogP contribution in [0.4, 0.5) is 0 Å². The quantitative estimate of drug-likeness (QED) is 0.714. The minimum Gasteiger partial charge on any atom is -0.396 e. The summed E-state index contributed by atoms with van der Waals surface area (Å²) in [6, 6.07) is 1.40. The minimum atomic E-state index is 0.313. The van der Waals surface area contributed by atoms with Crippen LogP contribution in [0.15, 0.2) is 0 Å². The number of likely N-dealkylation sites (tertiary alicyclic amines) is 1. The van der Waals surface area contributed by atoms with E-state index in [9.17, 15) is 0 Å². The number of hydrogen-bond acceptors (Lipinski definition) is 3. The first-order valence-electron chi connectivity index (χ1n) is 7.30. The Balaban J connectivity index is 1.90. The lowest BCUT2D eigenvalue weighted by Gasteiger charge is -2.49. The summed E-state index contributed by atoms with van der Waals surface area (Å²) < 4.78 is 0. The predicted molar refractivity (Wildman–Crippen MR) is 71.0 cm³/mol. The first kappa shape index (κ1) is 13.3. The second kappa shape index (κ2) is 6.17. The van der Waals surface area contributed by atoms with Crippen LogP contribution < -0.4 is 5.32 Å². The SMILES string of the molecule is CC(C)N1CC2CCCC(C1)C2NCCCO. The molecule has 2 atom stereocenters. The zero-order valence-electron chi connectivity index (χ0n) is 11.4. The van der Waals surface area contributed by atoms with Gasteiger partial charge in [-0.1, -0.05) is 6.42 Å². The third kappa shape index (κ3) is 3.21. The zero-order valence-corrected chi connectivity index (χ0v) is 11.4. The topological polar surface area (TPSA) is 35.5 Å². The Labute approximate surface area is 106 Å². The smallest absolute Gasteiger partial charge is 0.0443 e. The molecule has 0 aromatic heterocycles. The first-order valence-corrected chi connectivity index (χ1v) is 7.30. The molecule has 0 aromatic carbocycles. The summed E-state index contributed by atoms with van der Waals surface area (Å²) in [6.45, 7) is 8.46. The summed E-state index contributed by atoms with van der Waals surface area (Å²) in [5.41, 5.74) is 0. The Morgan fingerprint density at radius 2 is 1.88 bits per heavy atom. The number of piperidine rings is 1. The first-order chi connectivity index (χ1) is 8.22. The highest BCUT2D eigenvalue weighted by molar-refractivity contribution is 4.95. The summed E-state index contributed by atoms with van der Waals surface area (Å²) >= 11 is 0. The van der Waals surface area contributed by atoms with Crippen molar-refractivity contribution in [1.82, 2.24) is 10.2 Å². The maximum Gasteiger partial charge on any atom is 0.0443 e. The molecular formula is C14H28N2O. The van der Waals surface area contributed by atoms with Gasteiger partial charge >= 0.3 is 0 Å². The average molecular weight is 240 g/mol. The second-order valence-electron chi connectivity index (χ2n) is 6.06. The highest BCUT2D eigenvalue weighted by atomic mass is 16.3. The fraction of sp³-hybridized carbons (Fsp3) is 1.00. The van der Waals surface area contributed by atoms with E-state index in [2.05, 4.69) is 24.1 Å². The van der Waals surface area contributed by atoms with Gasteiger partial charge in [0.25, 0.3) is 0 Å². The molecule has 1 aliphatic heterocycles. The largest absolute Gasteiger partial charge is 0.396 e. The van der Waals surface area contributed by atoms with Crippen molar-refractivity contribution in [3.8, 4) is 0 Å². The molecule has 2 bridgehead atoms. The summed E-state index contributed by atoms with van der Waals surface area (Å²) in [5, 5.41) is 12.6. The summed E-state index contributed by atoms with van der Waals surface area (Å²) in [7, 11) is 0. The molecule has 0 amide bonds. The van der Waals surface area contributed by atoms with Crippen LogP contribution in [0.1, 0.15) is 39.5 Å². The highest BCUT2D eigenvalue weighted by Crippen LogP contribution is 2.35. The van der Waals surface area contributed by atoms with Crippen molar-refractivity contribution in [2.24, 2.45) is 11.8 Å². The fourth-order valence-corrected chi connectivity index (χ4v) is 3.58. The van der Waals surface area contributed by atoms with Crippen molar-refractivity contribution in [3.05, 3.63) is 0 Å². The molecule has 1 saturated carbocycles. The van der Waals surface area contributed by atoms with E-state index in [1.54, 1.807) is 0 Å². The molecule has 2 aliphatic rings. The van der Waals surface area contributed by atoms with Gasteiger partial charge in [0.05, 0.1) is 0 Å². The number of nitrogens with one attached hydrogen (secondary N) is 1. The maximum absolute atomic E-state index is 8.87. The molecule has 2 unspecified atom stereocenters. The molecule has 1 aliphatic carbocycles. The number of fused-ring (bicyclic) bond motifs is 2. The van der Waals surface area contributed by atoms with Gasteiger partial charge in [-0.05, 0) is 51.5 Å². The van der Waals surface area contributed by atoms with Crippen molar-refractivity contribution >= 4 is 0 Å². The Kier molecular flexibility index (Phi) is 4.83. The van der Waals surface area contributed by atoms with Gasteiger partial charge in [-0.15, -0.1) is 0 Å². The standard InChI is InChI=1S/C14H28N2O/c1-11(2)16-9-12-5-3-6-13(10-16)14(12)15-7-4-8-17/h11-15,17H,3-10H2,1-2H3. The third-order valence-electron chi connectivity index (χ3n) is 4.55. The van der Waals surface area contributed by atoms with Gasteiger partial charge in [-0.25, -0.2) is 0 Å². The number of nitrogens with zero attached hydrogens (tertiary/aromatic N) is 1. The van der Waals surface area contributed by atoms with Crippen LogP contribution in [-0.4, -0.2) is 48.3 Å². The van der Waals surface area contributed by atoms with Gasteiger partial charge in [0.1, 0.15) is 0 Å². The second-order valence-corrected chi connectivity index (χ2v) is 6.06. The van der Waals surface area contributed by atoms with E-state index in [0.29, 0.717) is 18.7 Å². The number of aliphatic hydroxyl groups excluding tert-OH is 1. The van der Waals surface area contributed by atoms with Crippen molar-refractivity contribution in [1.29, 1.82) is 0 Å². The van der Waals surface area contributed by atoms with Crippen LogP contribution in [-0.2, 0) is 0 Å². The molecule has 2 N–H and O–H groups in total. The molecular weight excluding hydrogens is 212 g/mol. The van der Waals surface area contributed by atoms with Gasteiger partial charge in [0.15, 0.2) is 0 Å². The lowest BCUT2D eigenvalue weighted by molar-refractivity contribution is 0.0293. The molecule has 0 aromatic rings. The van der Waals surface area contributed by atoms with Crippen LogP contribution in [0, 0.1) is 11.8 Å². The van der Waals surface area contributed by atoms with E-state index < -0.39 is 0 Å². The molecule has 3 nitrogen and oxygen atoms in total. The monoisotopic (exact) mass is 240 g/mol. The van der Waals surface area contributed by atoms with Gasteiger partial charge in [0, 0.05) is 31.8 Å². The minimum absolute atomic E-state index is 0.313. The summed E-state index contributed by atoms with van der Waals surface area (Å²) in [5.74, 6) is 1.67. The average Bonchev–Trinajstić information content (AvgIpc) is 2.28. The molecule has 100 valence electrons. The molecule has 0 spiro atoms. The van der Waals surface area contributed by atoms with Crippen LogP contribution in [0.3, 0.4) is 0 Å². The summed E-state index contributed by atoms with van der Waals surface area (Å²) in [6.07, 6.45) is 5.08. The van der Waals surface area contributed by atoms with Crippen LogP contribution in [0.2, 0.25) is 0 Å². The predicted octanol–water partition coefficient (Wildman–Crippen LogP) is 1.47. The van der Waals surface area contributed by atoms with E-state index in [-0.39, 0.29) is 0 Å². The zero-order chi connectivity index (χ0) is 12.3. The van der Waals surface area contributed by atoms with Crippen LogP contribution in [0.25, 0.3) is 0 Å². The van der Waals surface area contributed by atoms with E-state index in [0.717, 1.165) is 24.8 Å². The van der Waals surface area contributed by atoms with Crippen LogP contribution in [0.5, 0.6) is 0 Å².